The highest BCUT2D eigenvalue weighted by atomic mass is 16.2. The number of nitrogens with zero attached hydrogens (tertiary/aromatic N) is 3. The molecule has 2 aliphatic rings. The highest BCUT2D eigenvalue weighted by Crippen LogP contribution is 2.33. The molecule has 0 bridgehead atoms. The summed E-state index contributed by atoms with van der Waals surface area (Å²) in [7, 11) is 0. The molecule has 0 saturated carbocycles. The molecule has 98 valence electrons. The first-order chi connectivity index (χ1) is 8.90. The van der Waals surface area contributed by atoms with E-state index in [1.54, 1.807) is 6.33 Å². The maximum atomic E-state index is 8.99. The smallest absolute Gasteiger partial charge is 0.135 e. The number of fused-ring (bicyclic) bond motifs is 1. The highest BCUT2D eigenvalue weighted by molar-refractivity contribution is 5.52. The van der Waals surface area contributed by atoms with Crippen LogP contribution in [-0.4, -0.2) is 34.3 Å². The lowest BCUT2D eigenvalue weighted by molar-refractivity contribution is 0.279. The van der Waals surface area contributed by atoms with Crippen LogP contribution in [-0.2, 0) is 12.8 Å². The predicted molar refractivity (Wildman–Crippen MR) is 70.7 cm³/mol. The van der Waals surface area contributed by atoms with E-state index in [1.165, 1.54) is 36.3 Å². The van der Waals surface area contributed by atoms with Crippen LogP contribution in [0.4, 0.5) is 5.82 Å². The second-order valence-corrected chi connectivity index (χ2v) is 5.33. The van der Waals surface area contributed by atoms with Crippen LogP contribution in [0.3, 0.4) is 0 Å². The van der Waals surface area contributed by atoms with E-state index in [0.29, 0.717) is 12.6 Å². The molecule has 18 heavy (non-hydrogen) atoms. The zero-order valence-corrected chi connectivity index (χ0v) is 10.8. The average Bonchev–Trinajstić information content (AvgIpc) is 3.04. The maximum absolute atomic E-state index is 8.99. The second kappa shape index (κ2) is 5.22. The molecule has 1 aliphatic heterocycles. The van der Waals surface area contributed by atoms with Crippen molar-refractivity contribution in [2.75, 3.05) is 18.1 Å². The quantitative estimate of drug-likeness (QED) is 0.880. The van der Waals surface area contributed by atoms with Crippen molar-refractivity contribution in [2.24, 2.45) is 0 Å². The lowest BCUT2D eigenvalue weighted by Gasteiger charge is -2.27. The Kier molecular flexibility index (Phi) is 3.46. The van der Waals surface area contributed by atoms with Gasteiger partial charge in [0.15, 0.2) is 0 Å². The molecule has 1 unspecified atom stereocenters. The third kappa shape index (κ3) is 2.09. The van der Waals surface area contributed by atoms with E-state index < -0.39 is 0 Å². The minimum absolute atomic E-state index is 0.298. The van der Waals surface area contributed by atoms with E-state index in [9.17, 15) is 0 Å². The molecule has 3 rings (SSSR count). The molecule has 1 aromatic rings. The van der Waals surface area contributed by atoms with Gasteiger partial charge in [0.25, 0.3) is 0 Å². The van der Waals surface area contributed by atoms with E-state index in [-0.39, 0.29) is 0 Å². The molecular weight excluding hydrogens is 226 g/mol. The zero-order chi connectivity index (χ0) is 12.4. The molecule has 4 heteroatoms. The monoisotopic (exact) mass is 247 g/mol. The molecule has 1 saturated heterocycles. The largest absolute Gasteiger partial charge is 0.396 e. The third-order valence-electron chi connectivity index (χ3n) is 4.20. The summed E-state index contributed by atoms with van der Waals surface area (Å²) in [6.45, 7) is 1.41. The SMILES string of the molecule is OCCCC1CCCN1c1ncnc2c1CCC2. The average molecular weight is 247 g/mol. The van der Waals surface area contributed by atoms with Crippen molar-refractivity contribution in [3.8, 4) is 0 Å². The van der Waals surface area contributed by atoms with Gasteiger partial charge in [-0.25, -0.2) is 9.97 Å². The number of rotatable bonds is 4. The fraction of sp³-hybridized carbons (Fsp3) is 0.714. The topological polar surface area (TPSA) is 49.2 Å². The van der Waals surface area contributed by atoms with Gasteiger partial charge in [0.05, 0.1) is 0 Å². The van der Waals surface area contributed by atoms with E-state index in [2.05, 4.69) is 14.9 Å². The zero-order valence-electron chi connectivity index (χ0n) is 10.8. The maximum Gasteiger partial charge on any atom is 0.135 e. The molecule has 1 fully saturated rings. The fourth-order valence-electron chi connectivity index (χ4n) is 3.33. The summed E-state index contributed by atoms with van der Waals surface area (Å²) in [5.74, 6) is 1.18. The Balaban J connectivity index is 1.83. The third-order valence-corrected chi connectivity index (χ3v) is 4.20. The van der Waals surface area contributed by atoms with E-state index >= 15 is 0 Å². The van der Waals surface area contributed by atoms with Crippen molar-refractivity contribution in [1.82, 2.24) is 9.97 Å². The lowest BCUT2D eigenvalue weighted by atomic mass is 10.1. The summed E-state index contributed by atoms with van der Waals surface area (Å²) in [4.78, 5) is 11.4. The van der Waals surface area contributed by atoms with Gasteiger partial charge in [0, 0.05) is 30.5 Å². The first kappa shape index (κ1) is 11.9. The van der Waals surface area contributed by atoms with Crippen LogP contribution in [0.1, 0.15) is 43.4 Å². The molecule has 0 spiro atoms. The molecule has 2 heterocycles. The van der Waals surface area contributed by atoms with Gasteiger partial charge in [-0.15, -0.1) is 0 Å². The number of hydrogen-bond donors (Lipinski definition) is 1. The Labute approximate surface area is 108 Å². The van der Waals surface area contributed by atoms with Crippen molar-refractivity contribution < 1.29 is 5.11 Å². The van der Waals surface area contributed by atoms with Crippen molar-refractivity contribution >= 4 is 5.82 Å². The molecule has 1 aromatic heterocycles. The molecule has 1 atom stereocenters. The summed E-state index contributed by atoms with van der Waals surface area (Å²) in [5, 5.41) is 8.99. The van der Waals surface area contributed by atoms with E-state index in [4.69, 9.17) is 5.11 Å². The highest BCUT2D eigenvalue weighted by Gasteiger charge is 2.29. The Hall–Kier alpha value is -1.16. The number of anilines is 1. The molecule has 1 aliphatic carbocycles. The van der Waals surface area contributed by atoms with Crippen LogP contribution in [0.2, 0.25) is 0 Å². The second-order valence-electron chi connectivity index (χ2n) is 5.33. The first-order valence-electron chi connectivity index (χ1n) is 7.10. The number of aliphatic hydroxyl groups is 1. The summed E-state index contributed by atoms with van der Waals surface area (Å²) in [6.07, 6.45) is 9.64. The summed E-state index contributed by atoms with van der Waals surface area (Å²) < 4.78 is 0. The van der Waals surface area contributed by atoms with Crippen LogP contribution < -0.4 is 4.90 Å². The fourth-order valence-corrected chi connectivity index (χ4v) is 3.33. The van der Waals surface area contributed by atoms with Gasteiger partial charge >= 0.3 is 0 Å². The molecule has 0 radical (unpaired) electrons. The van der Waals surface area contributed by atoms with E-state index in [1.807, 2.05) is 0 Å². The summed E-state index contributed by atoms with van der Waals surface area (Å²) in [5.41, 5.74) is 2.64. The molecule has 1 N–H and O–H groups in total. The number of aryl methyl sites for hydroxylation is 1. The Morgan fingerprint density at radius 1 is 1.28 bits per heavy atom. The molecular formula is C14H21N3O. The van der Waals surface area contributed by atoms with Crippen LogP contribution in [0.25, 0.3) is 0 Å². The van der Waals surface area contributed by atoms with Gasteiger partial charge in [-0.3, -0.25) is 0 Å². The van der Waals surface area contributed by atoms with Gasteiger partial charge < -0.3 is 10.0 Å². The minimum atomic E-state index is 0.298. The number of aromatic nitrogens is 2. The van der Waals surface area contributed by atoms with Crippen LogP contribution >= 0.6 is 0 Å². The lowest BCUT2D eigenvalue weighted by Crippen LogP contribution is -2.31. The minimum Gasteiger partial charge on any atom is -0.396 e. The van der Waals surface area contributed by atoms with Crippen LogP contribution in [0, 0.1) is 0 Å². The van der Waals surface area contributed by atoms with Crippen molar-refractivity contribution in [3.63, 3.8) is 0 Å². The van der Waals surface area contributed by atoms with Crippen LogP contribution in [0.5, 0.6) is 0 Å². The van der Waals surface area contributed by atoms with Gasteiger partial charge in [0.1, 0.15) is 12.1 Å². The van der Waals surface area contributed by atoms with Crippen LogP contribution in [0.15, 0.2) is 6.33 Å². The normalized spacial score (nSPS) is 22.5. The van der Waals surface area contributed by atoms with Gasteiger partial charge in [0.2, 0.25) is 0 Å². The Morgan fingerprint density at radius 3 is 3.11 bits per heavy atom. The standard InChI is InChI=1S/C14H21N3O/c18-9-3-5-11-4-2-8-17(11)14-12-6-1-7-13(12)15-10-16-14/h10-11,18H,1-9H2. The number of aliphatic hydroxyl groups excluding tert-OH is 1. The number of hydrogen-bond acceptors (Lipinski definition) is 4. The van der Waals surface area contributed by atoms with Crippen molar-refractivity contribution in [2.45, 2.75) is 51.0 Å². The van der Waals surface area contributed by atoms with Crippen molar-refractivity contribution in [3.05, 3.63) is 17.6 Å². The molecule has 0 amide bonds. The first-order valence-corrected chi connectivity index (χ1v) is 7.10. The predicted octanol–water partition coefficient (Wildman–Crippen LogP) is 1.71. The van der Waals surface area contributed by atoms with E-state index in [0.717, 1.165) is 32.2 Å². The van der Waals surface area contributed by atoms with Gasteiger partial charge in [-0.2, -0.15) is 0 Å². The Bertz CT molecular complexity index is 422. The molecule has 0 aromatic carbocycles. The van der Waals surface area contributed by atoms with Gasteiger partial charge in [-0.1, -0.05) is 0 Å². The summed E-state index contributed by atoms with van der Waals surface area (Å²) >= 11 is 0. The van der Waals surface area contributed by atoms with Gasteiger partial charge in [-0.05, 0) is 44.9 Å². The molecule has 4 nitrogen and oxygen atoms in total. The summed E-state index contributed by atoms with van der Waals surface area (Å²) in [6, 6.07) is 0.566. The Morgan fingerprint density at radius 2 is 2.22 bits per heavy atom. The van der Waals surface area contributed by atoms with Crippen molar-refractivity contribution in [1.29, 1.82) is 0 Å².